The van der Waals surface area contributed by atoms with Crippen LogP contribution in [0.5, 0.6) is 0 Å². The van der Waals surface area contributed by atoms with Crippen molar-refractivity contribution in [3.05, 3.63) is 24.3 Å². The lowest BCUT2D eigenvalue weighted by Crippen LogP contribution is -2.43. The Morgan fingerprint density at radius 3 is 2.82 bits per heavy atom. The standard InChI is InChI=1S/C17H22O5/c1-9-7-14-12(10(2)16(19)21-14)8-15(20-11(3)18)17(4)6-5-13(9)22-17/h12-15H,1-2,5-8H2,3-4H3. The predicted molar refractivity (Wildman–Crippen MR) is 79.0 cm³/mol. The largest absolute Gasteiger partial charge is 0.459 e. The van der Waals surface area contributed by atoms with Gasteiger partial charge in [0.05, 0.1) is 6.10 Å². The van der Waals surface area contributed by atoms with Gasteiger partial charge >= 0.3 is 11.9 Å². The maximum Gasteiger partial charge on any atom is 0.334 e. The topological polar surface area (TPSA) is 61.8 Å². The number of carbonyl (C=O) groups is 2. The molecule has 3 saturated heterocycles. The van der Waals surface area contributed by atoms with E-state index in [2.05, 4.69) is 13.2 Å². The van der Waals surface area contributed by atoms with Gasteiger partial charge in [0.25, 0.3) is 0 Å². The second-order valence-corrected chi connectivity index (χ2v) is 6.73. The van der Waals surface area contributed by atoms with E-state index in [0.717, 1.165) is 18.4 Å². The number of carbonyl (C=O) groups excluding carboxylic acids is 2. The molecule has 3 aliphatic rings. The number of rotatable bonds is 1. The Kier molecular flexibility index (Phi) is 3.63. The highest BCUT2D eigenvalue weighted by Crippen LogP contribution is 2.45. The number of hydrogen-bond acceptors (Lipinski definition) is 5. The van der Waals surface area contributed by atoms with Crippen molar-refractivity contribution < 1.29 is 23.8 Å². The van der Waals surface area contributed by atoms with Crippen LogP contribution in [0.2, 0.25) is 0 Å². The van der Waals surface area contributed by atoms with E-state index < -0.39 is 11.7 Å². The zero-order valence-corrected chi connectivity index (χ0v) is 13.1. The minimum Gasteiger partial charge on any atom is -0.459 e. The summed E-state index contributed by atoms with van der Waals surface area (Å²) in [5.74, 6) is -0.861. The van der Waals surface area contributed by atoms with Crippen molar-refractivity contribution in [2.24, 2.45) is 5.92 Å². The van der Waals surface area contributed by atoms with Crippen LogP contribution in [0.1, 0.15) is 39.5 Å². The lowest BCUT2D eigenvalue weighted by molar-refractivity contribution is -0.167. The fraction of sp³-hybridized carbons (Fsp3) is 0.647. The molecule has 0 amide bonds. The van der Waals surface area contributed by atoms with Crippen molar-refractivity contribution in [3.8, 4) is 0 Å². The summed E-state index contributed by atoms with van der Waals surface area (Å²) in [5.41, 5.74) is 0.834. The van der Waals surface area contributed by atoms with Crippen LogP contribution in [0.25, 0.3) is 0 Å². The van der Waals surface area contributed by atoms with Crippen molar-refractivity contribution in [1.82, 2.24) is 0 Å². The Hall–Kier alpha value is -1.62. The van der Waals surface area contributed by atoms with Gasteiger partial charge < -0.3 is 14.2 Å². The third kappa shape index (κ3) is 2.47. The minimum absolute atomic E-state index is 0.0747. The van der Waals surface area contributed by atoms with E-state index in [0.29, 0.717) is 18.4 Å². The molecule has 5 heteroatoms. The molecular formula is C17H22O5. The normalized spacial score (nSPS) is 41.3. The second kappa shape index (κ2) is 5.23. The van der Waals surface area contributed by atoms with E-state index >= 15 is 0 Å². The smallest absolute Gasteiger partial charge is 0.334 e. The van der Waals surface area contributed by atoms with Gasteiger partial charge in [0.15, 0.2) is 0 Å². The summed E-state index contributed by atoms with van der Waals surface area (Å²) in [7, 11) is 0. The molecule has 5 unspecified atom stereocenters. The first-order valence-corrected chi connectivity index (χ1v) is 7.72. The van der Waals surface area contributed by atoms with Crippen LogP contribution in [0, 0.1) is 5.92 Å². The molecule has 3 heterocycles. The van der Waals surface area contributed by atoms with Crippen molar-refractivity contribution in [3.63, 3.8) is 0 Å². The summed E-state index contributed by atoms with van der Waals surface area (Å²) in [5, 5.41) is 0. The Morgan fingerprint density at radius 2 is 2.14 bits per heavy atom. The van der Waals surface area contributed by atoms with E-state index in [1.54, 1.807) is 0 Å². The maximum atomic E-state index is 11.9. The monoisotopic (exact) mass is 306 g/mol. The van der Waals surface area contributed by atoms with Crippen LogP contribution in [-0.4, -0.2) is 35.9 Å². The molecular weight excluding hydrogens is 284 g/mol. The SMILES string of the molecule is C=C1CC2OC(=O)C(=C)C2CC(OC(C)=O)C2(C)CCC1O2. The Labute approximate surface area is 130 Å². The summed E-state index contributed by atoms with van der Waals surface area (Å²) < 4.78 is 17.2. The van der Waals surface area contributed by atoms with Crippen molar-refractivity contribution in [1.29, 1.82) is 0 Å². The molecule has 0 spiro atoms. The molecule has 0 N–H and O–H groups in total. The van der Waals surface area contributed by atoms with Crippen LogP contribution >= 0.6 is 0 Å². The highest BCUT2D eigenvalue weighted by molar-refractivity contribution is 5.90. The number of fused-ring (bicyclic) bond motifs is 3. The molecule has 5 nitrogen and oxygen atoms in total. The van der Waals surface area contributed by atoms with Gasteiger partial charge in [0, 0.05) is 24.8 Å². The van der Waals surface area contributed by atoms with Crippen LogP contribution in [0.3, 0.4) is 0 Å². The zero-order chi connectivity index (χ0) is 16.1. The molecule has 3 aliphatic heterocycles. The highest BCUT2D eigenvalue weighted by atomic mass is 16.6. The second-order valence-electron chi connectivity index (χ2n) is 6.73. The molecule has 0 aliphatic carbocycles. The van der Waals surface area contributed by atoms with Crippen molar-refractivity contribution in [2.75, 3.05) is 0 Å². The van der Waals surface area contributed by atoms with Gasteiger partial charge in [-0.15, -0.1) is 0 Å². The van der Waals surface area contributed by atoms with E-state index in [1.807, 2.05) is 6.92 Å². The van der Waals surface area contributed by atoms with Gasteiger partial charge in [0.1, 0.15) is 17.8 Å². The average Bonchev–Trinajstić information content (AvgIpc) is 2.95. The van der Waals surface area contributed by atoms with Gasteiger partial charge in [-0.1, -0.05) is 13.2 Å². The Morgan fingerprint density at radius 1 is 1.41 bits per heavy atom. The predicted octanol–water partition coefficient (Wildman–Crippen LogP) is 2.30. The van der Waals surface area contributed by atoms with Crippen molar-refractivity contribution >= 4 is 11.9 Å². The molecule has 120 valence electrons. The maximum absolute atomic E-state index is 11.9. The average molecular weight is 306 g/mol. The molecule has 0 saturated carbocycles. The lowest BCUT2D eigenvalue weighted by atomic mass is 9.81. The number of ether oxygens (including phenoxy) is 3. The molecule has 3 fully saturated rings. The lowest BCUT2D eigenvalue weighted by Gasteiger charge is -2.34. The fourth-order valence-corrected chi connectivity index (χ4v) is 3.78. The fourth-order valence-electron chi connectivity index (χ4n) is 3.78. The van der Waals surface area contributed by atoms with Gasteiger partial charge in [0.2, 0.25) is 0 Å². The zero-order valence-electron chi connectivity index (χ0n) is 13.1. The third-order valence-corrected chi connectivity index (χ3v) is 5.11. The van der Waals surface area contributed by atoms with Gasteiger partial charge in [-0.2, -0.15) is 0 Å². The van der Waals surface area contributed by atoms with Gasteiger partial charge in [-0.3, -0.25) is 4.79 Å². The third-order valence-electron chi connectivity index (χ3n) is 5.11. The summed E-state index contributed by atoms with van der Waals surface area (Å²) in [4.78, 5) is 23.4. The Balaban J connectivity index is 1.95. The molecule has 2 bridgehead atoms. The summed E-state index contributed by atoms with van der Waals surface area (Å²) in [6, 6.07) is 0. The number of esters is 2. The molecule has 3 rings (SSSR count). The molecule has 0 aromatic heterocycles. The highest BCUT2D eigenvalue weighted by Gasteiger charge is 2.51. The van der Waals surface area contributed by atoms with Crippen LogP contribution in [0.4, 0.5) is 0 Å². The minimum atomic E-state index is -0.555. The van der Waals surface area contributed by atoms with E-state index in [-0.39, 0.29) is 30.1 Å². The van der Waals surface area contributed by atoms with E-state index in [4.69, 9.17) is 14.2 Å². The summed E-state index contributed by atoms with van der Waals surface area (Å²) >= 11 is 0. The summed E-state index contributed by atoms with van der Waals surface area (Å²) in [6.07, 6.45) is 1.94. The summed E-state index contributed by atoms with van der Waals surface area (Å²) in [6.45, 7) is 11.3. The first-order chi connectivity index (χ1) is 10.3. The quantitative estimate of drug-likeness (QED) is 0.422. The first-order valence-electron chi connectivity index (χ1n) is 7.72. The molecule has 22 heavy (non-hydrogen) atoms. The Bertz CT molecular complexity index is 551. The molecule has 0 radical (unpaired) electrons. The van der Waals surface area contributed by atoms with Crippen molar-refractivity contribution in [2.45, 2.75) is 63.4 Å². The molecule has 5 atom stereocenters. The van der Waals surface area contributed by atoms with Crippen LogP contribution in [-0.2, 0) is 23.8 Å². The first kappa shape index (κ1) is 15.3. The number of hydrogen-bond donors (Lipinski definition) is 0. The van der Waals surface area contributed by atoms with Crippen LogP contribution in [0.15, 0.2) is 24.3 Å². The van der Waals surface area contributed by atoms with Crippen LogP contribution < -0.4 is 0 Å². The van der Waals surface area contributed by atoms with Gasteiger partial charge in [-0.05, 0) is 31.8 Å². The van der Waals surface area contributed by atoms with E-state index in [9.17, 15) is 9.59 Å². The van der Waals surface area contributed by atoms with Gasteiger partial charge in [-0.25, -0.2) is 4.79 Å². The molecule has 0 aromatic carbocycles. The molecule has 0 aromatic rings. The van der Waals surface area contributed by atoms with E-state index in [1.165, 1.54) is 6.92 Å².